The Balaban J connectivity index is 1.56. The molecule has 1 atom stereocenters. The molecule has 2 N–H and O–H groups in total. The van der Waals surface area contributed by atoms with E-state index in [2.05, 4.69) is 30.6 Å². The first-order chi connectivity index (χ1) is 17.3. The SMILES string of the molecule is Cc1ccc(Nc2ccc3c(c2)ncn3-c2ccc(C(C)O)c(-n3nc(C(F)F)cc3C#N)n2)nn1. The molecule has 0 aliphatic heterocycles. The van der Waals surface area contributed by atoms with Gasteiger partial charge in [0.15, 0.2) is 11.6 Å². The van der Waals surface area contributed by atoms with Crippen LogP contribution in [0.2, 0.25) is 0 Å². The van der Waals surface area contributed by atoms with E-state index in [1.807, 2.05) is 43.3 Å². The molecule has 12 heteroatoms. The van der Waals surface area contributed by atoms with Gasteiger partial charge in [-0.15, -0.1) is 5.10 Å². The van der Waals surface area contributed by atoms with Crippen molar-refractivity contribution in [3.8, 4) is 17.7 Å². The fourth-order valence-electron chi connectivity index (χ4n) is 3.71. The maximum absolute atomic E-state index is 13.3. The van der Waals surface area contributed by atoms with E-state index in [1.54, 1.807) is 23.0 Å². The number of aryl methyl sites for hydroxylation is 1. The van der Waals surface area contributed by atoms with E-state index in [4.69, 9.17) is 0 Å². The van der Waals surface area contributed by atoms with Crippen molar-refractivity contribution < 1.29 is 13.9 Å². The molecule has 5 rings (SSSR count). The molecule has 5 aromatic rings. The largest absolute Gasteiger partial charge is 0.389 e. The maximum Gasteiger partial charge on any atom is 0.282 e. The molecule has 0 bridgehead atoms. The molecule has 4 aromatic heterocycles. The van der Waals surface area contributed by atoms with E-state index in [0.29, 0.717) is 22.7 Å². The quantitative estimate of drug-likeness (QED) is 0.362. The summed E-state index contributed by atoms with van der Waals surface area (Å²) in [6.07, 6.45) is -2.26. The molecule has 0 radical (unpaired) electrons. The lowest BCUT2D eigenvalue weighted by Gasteiger charge is -2.14. The predicted molar refractivity (Wildman–Crippen MR) is 126 cm³/mol. The zero-order valence-electron chi connectivity index (χ0n) is 19.1. The number of aromatic nitrogens is 7. The molecule has 10 nitrogen and oxygen atoms in total. The van der Waals surface area contributed by atoms with Crippen molar-refractivity contribution in [3.05, 3.63) is 77.5 Å². The number of nitrogens with one attached hydrogen (secondary N) is 1. The molecule has 0 spiro atoms. The highest BCUT2D eigenvalue weighted by Gasteiger charge is 2.21. The van der Waals surface area contributed by atoms with Crippen LogP contribution in [0.3, 0.4) is 0 Å². The van der Waals surface area contributed by atoms with Gasteiger partial charge in [0.1, 0.15) is 29.6 Å². The van der Waals surface area contributed by atoms with Crippen molar-refractivity contribution in [3.63, 3.8) is 0 Å². The Morgan fingerprint density at radius 2 is 1.92 bits per heavy atom. The van der Waals surface area contributed by atoms with Gasteiger partial charge in [-0.05, 0) is 56.3 Å². The fourth-order valence-corrected chi connectivity index (χ4v) is 3.71. The number of fused-ring (bicyclic) bond motifs is 1. The number of benzene rings is 1. The first-order valence-corrected chi connectivity index (χ1v) is 10.9. The zero-order chi connectivity index (χ0) is 25.4. The minimum absolute atomic E-state index is 0.0732. The molecule has 0 fully saturated rings. The van der Waals surface area contributed by atoms with Crippen molar-refractivity contribution in [1.29, 1.82) is 5.26 Å². The Kier molecular flexibility index (Phi) is 5.83. The van der Waals surface area contributed by atoms with Crippen LogP contribution in [0, 0.1) is 18.3 Å². The standard InChI is InChI=1S/C24H19F2N9O/c1-13-3-7-21(32-31-13)29-15-4-6-20-18(9-15)28-12-34(20)22-8-5-17(14(2)36)24(30-22)35-16(11-27)10-19(33-35)23(25)26/h3-10,12,14,23,36H,1-2H3,(H,29,32). The monoisotopic (exact) mass is 487 g/mol. The molecule has 180 valence electrons. The third kappa shape index (κ3) is 4.23. The summed E-state index contributed by atoms with van der Waals surface area (Å²) in [6, 6.07) is 15.4. The van der Waals surface area contributed by atoms with Gasteiger partial charge in [-0.1, -0.05) is 0 Å². The fraction of sp³-hybridized carbons (Fsp3) is 0.167. The molecule has 0 aliphatic rings. The number of anilines is 2. The molecule has 36 heavy (non-hydrogen) atoms. The van der Waals surface area contributed by atoms with E-state index in [1.165, 1.54) is 6.92 Å². The third-order valence-corrected chi connectivity index (χ3v) is 5.47. The second kappa shape index (κ2) is 9.12. The molecule has 0 saturated carbocycles. The molecule has 0 amide bonds. The molecule has 1 unspecified atom stereocenters. The van der Waals surface area contributed by atoms with Gasteiger partial charge in [-0.25, -0.2) is 23.4 Å². The smallest absolute Gasteiger partial charge is 0.282 e. The summed E-state index contributed by atoms with van der Waals surface area (Å²) in [5.74, 6) is 1.07. The third-order valence-electron chi connectivity index (χ3n) is 5.47. The normalized spacial score (nSPS) is 12.1. The topological polar surface area (TPSA) is 130 Å². The number of alkyl halides is 2. The number of halogens is 2. The van der Waals surface area contributed by atoms with Crippen molar-refractivity contribution in [1.82, 2.24) is 34.5 Å². The van der Waals surface area contributed by atoms with Gasteiger partial charge in [0.2, 0.25) is 0 Å². The number of nitriles is 1. The summed E-state index contributed by atoms with van der Waals surface area (Å²) in [4.78, 5) is 9.03. The van der Waals surface area contributed by atoms with Crippen LogP contribution in [-0.4, -0.2) is 39.6 Å². The Morgan fingerprint density at radius 3 is 2.61 bits per heavy atom. The second-order valence-electron chi connectivity index (χ2n) is 8.04. The van der Waals surface area contributed by atoms with Crippen molar-refractivity contribution in [2.75, 3.05) is 5.32 Å². The average molecular weight is 487 g/mol. The van der Waals surface area contributed by atoms with E-state index in [9.17, 15) is 19.1 Å². The van der Waals surface area contributed by atoms with Crippen molar-refractivity contribution in [2.24, 2.45) is 0 Å². The maximum atomic E-state index is 13.3. The lowest BCUT2D eigenvalue weighted by molar-refractivity contribution is 0.145. The summed E-state index contributed by atoms with van der Waals surface area (Å²) in [5, 5.41) is 34.9. The zero-order valence-corrected chi connectivity index (χ0v) is 19.1. The first kappa shape index (κ1) is 23.0. The highest BCUT2D eigenvalue weighted by atomic mass is 19.3. The first-order valence-electron chi connectivity index (χ1n) is 10.9. The minimum atomic E-state index is -2.86. The number of hydrogen-bond donors (Lipinski definition) is 2. The van der Waals surface area contributed by atoms with Crippen molar-refractivity contribution >= 4 is 22.5 Å². The molecule has 0 aliphatic carbocycles. The van der Waals surface area contributed by atoms with E-state index >= 15 is 0 Å². The van der Waals surface area contributed by atoms with Gasteiger partial charge in [-0.2, -0.15) is 15.5 Å². The van der Waals surface area contributed by atoms with Crippen LogP contribution in [0.15, 0.2) is 54.9 Å². The molecule has 4 heterocycles. The Morgan fingerprint density at radius 1 is 1.08 bits per heavy atom. The highest BCUT2D eigenvalue weighted by Crippen LogP contribution is 2.27. The Bertz CT molecular complexity index is 1600. The van der Waals surface area contributed by atoms with Crippen LogP contribution >= 0.6 is 0 Å². The summed E-state index contributed by atoms with van der Waals surface area (Å²) in [7, 11) is 0. The number of aliphatic hydroxyl groups is 1. The predicted octanol–water partition coefficient (Wildman–Crippen LogP) is 4.31. The van der Waals surface area contributed by atoms with Gasteiger partial charge in [0.05, 0.1) is 22.8 Å². The van der Waals surface area contributed by atoms with Crippen LogP contribution in [0.25, 0.3) is 22.7 Å². The van der Waals surface area contributed by atoms with Gasteiger partial charge in [0, 0.05) is 17.3 Å². The van der Waals surface area contributed by atoms with Crippen LogP contribution in [0.5, 0.6) is 0 Å². The van der Waals surface area contributed by atoms with E-state index in [0.717, 1.165) is 27.6 Å². The summed E-state index contributed by atoms with van der Waals surface area (Å²) in [5.41, 5.74) is 2.62. The van der Waals surface area contributed by atoms with E-state index < -0.39 is 18.2 Å². The lowest BCUT2D eigenvalue weighted by Crippen LogP contribution is -2.11. The summed E-state index contributed by atoms with van der Waals surface area (Å²) in [6.45, 7) is 3.37. The van der Waals surface area contributed by atoms with Crippen molar-refractivity contribution in [2.45, 2.75) is 26.4 Å². The van der Waals surface area contributed by atoms with Crippen LogP contribution in [0.4, 0.5) is 20.3 Å². The average Bonchev–Trinajstić information content (AvgIpc) is 3.49. The van der Waals surface area contributed by atoms with Gasteiger partial charge < -0.3 is 10.4 Å². The Labute approximate surface area is 203 Å². The summed E-state index contributed by atoms with van der Waals surface area (Å²) < 4.78 is 29.2. The van der Waals surface area contributed by atoms with Gasteiger partial charge in [-0.3, -0.25) is 4.57 Å². The molecule has 1 aromatic carbocycles. The number of rotatable bonds is 6. The second-order valence-corrected chi connectivity index (χ2v) is 8.04. The summed E-state index contributed by atoms with van der Waals surface area (Å²) >= 11 is 0. The molecular formula is C24H19F2N9O. The lowest BCUT2D eigenvalue weighted by atomic mass is 10.1. The minimum Gasteiger partial charge on any atom is -0.389 e. The highest BCUT2D eigenvalue weighted by molar-refractivity contribution is 5.82. The number of nitrogens with zero attached hydrogens (tertiary/aromatic N) is 8. The molecule has 0 saturated heterocycles. The number of pyridine rings is 1. The van der Waals surface area contributed by atoms with Crippen LogP contribution in [-0.2, 0) is 0 Å². The molecular weight excluding hydrogens is 468 g/mol. The number of imidazole rings is 1. The number of hydrogen-bond acceptors (Lipinski definition) is 8. The van der Waals surface area contributed by atoms with E-state index in [-0.39, 0.29) is 11.5 Å². The van der Waals surface area contributed by atoms with Crippen LogP contribution < -0.4 is 5.32 Å². The van der Waals surface area contributed by atoms with Gasteiger partial charge in [0.25, 0.3) is 6.43 Å². The Hall–Kier alpha value is -4.76. The van der Waals surface area contributed by atoms with Crippen LogP contribution in [0.1, 0.15) is 42.1 Å². The number of aliphatic hydroxyl groups excluding tert-OH is 1. The van der Waals surface area contributed by atoms with Gasteiger partial charge >= 0.3 is 0 Å².